The Morgan fingerprint density at radius 2 is 1.77 bits per heavy atom. The molecular weight excluding hydrogens is 408 g/mol. The minimum absolute atomic E-state index is 0.00134. The van der Waals surface area contributed by atoms with E-state index in [1.807, 2.05) is 37.3 Å². The molecule has 8 heteroatoms. The number of hydrogen-bond acceptors (Lipinski definition) is 4. The lowest BCUT2D eigenvalue weighted by atomic mass is 10.0. The molecule has 170 valence electrons. The predicted molar refractivity (Wildman–Crippen MR) is 114 cm³/mol. The van der Waals surface area contributed by atoms with E-state index in [1.54, 1.807) is 4.90 Å². The Labute approximate surface area is 181 Å². The molecule has 2 fully saturated rings. The van der Waals surface area contributed by atoms with E-state index in [2.05, 4.69) is 9.80 Å². The highest BCUT2D eigenvalue weighted by Gasteiger charge is 2.34. The molecule has 1 atom stereocenters. The summed E-state index contributed by atoms with van der Waals surface area (Å²) in [6.07, 6.45) is 3.30. The van der Waals surface area contributed by atoms with Crippen molar-refractivity contribution in [1.29, 1.82) is 0 Å². The molecule has 2 saturated heterocycles. The van der Waals surface area contributed by atoms with Gasteiger partial charge >= 0.3 is 6.18 Å². The smallest absolute Gasteiger partial charge is 0.341 e. The second-order valence-electron chi connectivity index (χ2n) is 8.87. The number of halogens is 4. The third-order valence-electron chi connectivity index (χ3n) is 6.58. The van der Waals surface area contributed by atoms with Crippen molar-refractivity contribution >= 4 is 5.69 Å². The molecule has 0 N–H and O–H groups in total. The fourth-order valence-corrected chi connectivity index (χ4v) is 4.68. The molecule has 3 aliphatic heterocycles. The van der Waals surface area contributed by atoms with Gasteiger partial charge in [-0.15, -0.1) is 0 Å². The van der Waals surface area contributed by atoms with Gasteiger partial charge < -0.3 is 9.80 Å². The van der Waals surface area contributed by atoms with Gasteiger partial charge in [-0.2, -0.15) is 13.2 Å². The topological polar surface area (TPSA) is 13.0 Å². The van der Waals surface area contributed by atoms with Gasteiger partial charge in [0.15, 0.2) is 5.82 Å². The zero-order chi connectivity index (χ0) is 22.2. The van der Waals surface area contributed by atoms with E-state index in [0.717, 1.165) is 50.2 Å². The highest BCUT2D eigenvalue weighted by atomic mass is 19.4. The number of likely N-dealkylation sites (N-methyl/N-ethyl adjacent to an activating group) is 2. The molecule has 3 heterocycles. The van der Waals surface area contributed by atoms with Crippen molar-refractivity contribution in [2.75, 3.05) is 58.3 Å². The summed E-state index contributed by atoms with van der Waals surface area (Å²) in [7, 11) is 4.06. The maximum absolute atomic E-state index is 15.5. The lowest BCUT2D eigenvalue weighted by molar-refractivity contribution is -0.137. The lowest BCUT2D eigenvalue weighted by Gasteiger charge is -2.33. The van der Waals surface area contributed by atoms with Crippen LogP contribution in [0.25, 0.3) is 0 Å². The van der Waals surface area contributed by atoms with Crippen molar-refractivity contribution in [1.82, 2.24) is 14.7 Å². The SMILES string of the molecule is CN1CCN(Cc2cc(C(F)(F)F)cc(N3C=C(C4CCCN4C)C=CC3)c2F)CC1. The Bertz CT molecular complexity index is 856. The summed E-state index contributed by atoms with van der Waals surface area (Å²) in [5, 5.41) is 0. The third-order valence-corrected chi connectivity index (χ3v) is 6.58. The van der Waals surface area contributed by atoms with Crippen molar-refractivity contribution in [2.24, 2.45) is 0 Å². The zero-order valence-electron chi connectivity index (χ0n) is 18.1. The second kappa shape index (κ2) is 8.92. The number of likely N-dealkylation sites (tertiary alicyclic amines) is 1. The molecule has 0 radical (unpaired) electrons. The summed E-state index contributed by atoms with van der Waals surface area (Å²) in [5.41, 5.74) is 0.331. The maximum atomic E-state index is 15.5. The number of nitrogens with zero attached hydrogens (tertiary/aromatic N) is 4. The number of rotatable bonds is 4. The molecule has 4 nitrogen and oxygen atoms in total. The molecule has 0 aromatic heterocycles. The summed E-state index contributed by atoms with van der Waals surface area (Å²) >= 11 is 0. The molecule has 31 heavy (non-hydrogen) atoms. The number of piperazine rings is 1. The van der Waals surface area contributed by atoms with E-state index in [1.165, 1.54) is 0 Å². The second-order valence-corrected chi connectivity index (χ2v) is 8.87. The van der Waals surface area contributed by atoms with Crippen LogP contribution in [-0.4, -0.2) is 74.1 Å². The summed E-state index contributed by atoms with van der Waals surface area (Å²) in [5.74, 6) is -0.558. The van der Waals surface area contributed by atoms with E-state index < -0.39 is 17.6 Å². The van der Waals surface area contributed by atoms with E-state index in [4.69, 9.17) is 0 Å². The van der Waals surface area contributed by atoms with Gasteiger partial charge in [-0.05, 0) is 51.2 Å². The highest BCUT2D eigenvalue weighted by Crippen LogP contribution is 2.37. The molecule has 4 rings (SSSR count). The number of anilines is 1. The maximum Gasteiger partial charge on any atom is 0.416 e. The van der Waals surface area contributed by atoms with Crippen LogP contribution in [0.5, 0.6) is 0 Å². The average Bonchev–Trinajstić information content (AvgIpc) is 3.16. The molecule has 1 aromatic carbocycles. The van der Waals surface area contributed by atoms with Gasteiger partial charge in [-0.25, -0.2) is 4.39 Å². The monoisotopic (exact) mass is 438 g/mol. The molecule has 0 spiro atoms. The molecule has 0 aliphatic carbocycles. The first-order valence-corrected chi connectivity index (χ1v) is 10.9. The predicted octanol–water partition coefficient (Wildman–Crippen LogP) is 3.95. The summed E-state index contributed by atoms with van der Waals surface area (Å²) in [4.78, 5) is 8.05. The Balaban J connectivity index is 1.66. The van der Waals surface area contributed by atoms with Gasteiger partial charge in [0, 0.05) is 57.1 Å². The van der Waals surface area contributed by atoms with Crippen molar-refractivity contribution in [3.05, 3.63) is 53.0 Å². The summed E-state index contributed by atoms with van der Waals surface area (Å²) in [6.45, 7) is 4.60. The van der Waals surface area contributed by atoms with Crippen molar-refractivity contribution in [3.63, 3.8) is 0 Å². The first-order valence-electron chi connectivity index (χ1n) is 10.9. The quantitative estimate of drug-likeness (QED) is 0.660. The lowest BCUT2D eigenvalue weighted by Crippen LogP contribution is -2.44. The zero-order valence-corrected chi connectivity index (χ0v) is 18.1. The van der Waals surface area contributed by atoms with Gasteiger partial charge in [0.05, 0.1) is 11.3 Å². The first-order chi connectivity index (χ1) is 14.7. The fourth-order valence-electron chi connectivity index (χ4n) is 4.68. The molecule has 1 aromatic rings. The van der Waals surface area contributed by atoms with Crippen LogP contribution < -0.4 is 4.90 Å². The van der Waals surface area contributed by atoms with Crippen LogP contribution in [0.4, 0.5) is 23.2 Å². The van der Waals surface area contributed by atoms with Gasteiger partial charge in [-0.1, -0.05) is 12.2 Å². The molecule has 0 bridgehead atoms. The fraction of sp³-hybridized carbons (Fsp3) is 0.565. The van der Waals surface area contributed by atoms with Crippen LogP contribution in [0.1, 0.15) is 24.0 Å². The van der Waals surface area contributed by atoms with Gasteiger partial charge in [0.1, 0.15) is 0 Å². The molecule has 1 unspecified atom stereocenters. The average molecular weight is 439 g/mol. The van der Waals surface area contributed by atoms with E-state index in [0.29, 0.717) is 19.6 Å². The van der Waals surface area contributed by atoms with Crippen LogP contribution >= 0.6 is 0 Å². The molecule has 0 amide bonds. The minimum atomic E-state index is -4.52. The molecular formula is C23H30F4N4. The number of hydrogen-bond donors (Lipinski definition) is 0. The Hall–Kier alpha value is -1.90. The Morgan fingerprint density at radius 3 is 2.42 bits per heavy atom. The van der Waals surface area contributed by atoms with Crippen LogP contribution in [0.3, 0.4) is 0 Å². The van der Waals surface area contributed by atoms with Crippen molar-refractivity contribution in [2.45, 2.75) is 31.6 Å². The van der Waals surface area contributed by atoms with Gasteiger partial charge in [0.2, 0.25) is 0 Å². The van der Waals surface area contributed by atoms with Crippen LogP contribution in [0, 0.1) is 5.82 Å². The normalized spacial score (nSPS) is 24.1. The summed E-state index contributed by atoms with van der Waals surface area (Å²) in [6, 6.07) is 2.15. The van der Waals surface area contributed by atoms with Crippen molar-refractivity contribution in [3.8, 4) is 0 Å². The van der Waals surface area contributed by atoms with E-state index >= 15 is 4.39 Å². The first kappa shape index (κ1) is 22.3. The highest BCUT2D eigenvalue weighted by molar-refractivity contribution is 5.58. The third kappa shape index (κ3) is 4.96. The van der Waals surface area contributed by atoms with Crippen molar-refractivity contribution < 1.29 is 17.6 Å². The Morgan fingerprint density at radius 1 is 1.03 bits per heavy atom. The van der Waals surface area contributed by atoms with Crippen LogP contribution in [-0.2, 0) is 12.7 Å². The Kier molecular flexibility index (Phi) is 6.42. The minimum Gasteiger partial charge on any atom is -0.341 e. The molecule has 0 saturated carbocycles. The van der Waals surface area contributed by atoms with Crippen LogP contribution in [0.2, 0.25) is 0 Å². The molecule has 3 aliphatic rings. The van der Waals surface area contributed by atoms with E-state index in [-0.39, 0.29) is 23.8 Å². The van der Waals surface area contributed by atoms with Gasteiger partial charge in [-0.3, -0.25) is 9.80 Å². The standard InChI is InChI=1S/C23H30F4N4/c1-28-9-11-30(12-10-28)15-18-13-19(23(25,26)27)14-21(22(18)24)31-8-3-5-17(16-31)20-6-4-7-29(20)2/h3,5,13-14,16,20H,4,6-12,15H2,1-2H3. The number of benzene rings is 1. The van der Waals surface area contributed by atoms with E-state index in [9.17, 15) is 13.2 Å². The largest absolute Gasteiger partial charge is 0.416 e. The van der Waals surface area contributed by atoms with Crippen LogP contribution in [0.15, 0.2) is 36.1 Å². The van der Waals surface area contributed by atoms with Gasteiger partial charge in [0.25, 0.3) is 0 Å². The summed E-state index contributed by atoms with van der Waals surface area (Å²) < 4.78 is 56.5. The number of alkyl halides is 3.